The zero-order valence-corrected chi connectivity index (χ0v) is 10.4. The number of rotatable bonds is 0. The predicted octanol–water partition coefficient (Wildman–Crippen LogP) is -1.45. The molecule has 11 nitrogen and oxygen atoms in total. The van der Waals surface area contributed by atoms with Crippen molar-refractivity contribution in [1.29, 1.82) is 0 Å². The molecular weight excluding hydrogens is 290 g/mol. The number of carbonyl (C=O) groups is 4. The van der Waals surface area contributed by atoms with E-state index in [1.165, 1.54) is 7.05 Å². The summed E-state index contributed by atoms with van der Waals surface area (Å²) in [6.45, 7) is 0. The lowest BCUT2D eigenvalue weighted by Crippen LogP contribution is -2.46. The van der Waals surface area contributed by atoms with Crippen LogP contribution in [0.5, 0.6) is 0 Å². The van der Waals surface area contributed by atoms with Gasteiger partial charge in [0.1, 0.15) is 0 Å². The Hall–Kier alpha value is -3.37. The van der Waals surface area contributed by atoms with E-state index in [9.17, 15) is 19.2 Å². The van der Waals surface area contributed by atoms with Gasteiger partial charge in [0.05, 0.1) is 0 Å². The summed E-state index contributed by atoms with van der Waals surface area (Å²) in [5, 5.41) is 0.465. The Bertz CT molecular complexity index is 505. The molecule has 0 radical (unpaired) electrons. The second-order valence-electron chi connectivity index (χ2n) is 3.35. The molecule has 0 spiro atoms. The maximum Gasteiger partial charge on any atom is 0.360 e. The molecule has 0 aliphatic carbocycles. The van der Waals surface area contributed by atoms with Gasteiger partial charge in [0.15, 0.2) is 0 Å². The number of guanidine groups is 1. The molecule has 11 heteroatoms. The summed E-state index contributed by atoms with van der Waals surface area (Å²) < 4.78 is 0. The Morgan fingerprint density at radius 1 is 0.762 bits per heavy atom. The van der Waals surface area contributed by atoms with E-state index in [0.717, 1.165) is 24.3 Å². The molecule has 2 heterocycles. The van der Waals surface area contributed by atoms with Gasteiger partial charge in [0, 0.05) is 41.8 Å². The normalized spacial score (nSPS) is 18.1. The van der Waals surface area contributed by atoms with E-state index in [4.69, 9.17) is 0 Å². The van der Waals surface area contributed by atoms with Gasteiger partial charge in [0.25, 0.3) is 0 Å². The maximum absolute atomic E-state index is 11.3. The highest BCUT2D eigenvalue weighted by Gasteiger charge is 2.33. The van der Waals surface area contributed by atoms with Crippen LogP contribution in [0.3, 0.4) is 0 Å². The van der Waals surface area contributed by atoms with E-state index in [2.05, 4.69) is 24.3 Å². The highest BCUT2D eigenvalue weighted by atomic mass is 17.0. The first-order valence-electron chi connectivity index (χ1n) is 5.30. The summed E-state index contributed by atoms with van der Waals surface area (Å²) in [4.78, 5) is 66.9. The van der Waals surface area contributed by atoms with Crippen molar-refractivity contribution >= 4 is 29.8 Å². The molecule has 2 rings (SSSR count). The van der Waals surface area contributed by atoms with Crippen LogP contribution in [-0.4, -0.2) is 47.3 Å². The highest BCUT2D eigenvalue weighted by molar-refractivity contribution is 5.96. The zero-order valence-electron chi connectivity index (χ0n) is 10.4. The summed E-state index contributed by atoms with van der Waals surface area (Å²) in [6, 6.07) is 0. The Morgan fingerprint density at radius 2 is 1.05 bits per heavy atom. The van der Waals surface area contributed by atoms with Gasteiger partial charge in [-0.2, -0.15) is 0 Å². The minimum absolute atomic E-state index is 0.233. The molecule has 0 bridgehead atoms. The maximum atomic E-state index is 11.3. The average Bonchev–Trinajstić information content (AvgIpc) is 2.68. The summed E-state index contributed by atoms with van der Waals surface area (Å²) in [6.07, 6.45) is 3.21. The molecule has 0 aromatic heterocycles. The first-order valence-corrected chi connectivity index (χ1v) is 5.30. The molecule has 21 heavy (non-hydrogen) atoms. The molecule has 0 saturated carbocycles. The molecule has 0 aromatic rings. The van der Waals surface area contributed by atoms with Gasteiger partial charge in [0.2, 0.25) is 0 Å². The van der Waals surface area contributed by atoms with Gasteiger partial charge in [-0.1, -0.05) is 0 Å². The third-order valence-corrected chi connectivity index (χ3v) is 1.93. The van der Waals surface area contributed by atoms with E-state index >= 15 is 0 Å². The Morgan fingerprint density at radius 3 is 1.29 bits per heavy atom. The van der Waals surface area contributed by atoms with Crippen LogP contribution < -0.4 is 0 Å². The number of nitrogens with zero attached hydrogens (tertiary/aromatic N) is 3. The number of hydrogen-bond donors (Lipinski definition) is 0. The van der Waals surface area contributed by atoms with Crippen molar-refractivity contribution in [2.24, 2.45) is 4.99 Å². The SMILES string of the molecule is CN=C(N1OC(=O)C=CC(=O)O1)N1OC(=O)C=CC(=O)O1. The summed E-state index contributed by atoms with van der Waals surface area (Å²) in [7, 11) is 1.18. The van der Waals surface area contributed by atoms with Crippen LogP contribution in [0.4, 0.5) is 0 Å². The molecule has 0 N–H and O–H groups in total. The number of carbonyl (C=O) groups excluding carboxylic acids is 4. The van der Waals surface area contributed by atoms with Gasteiger partial charge >= 0.3 is 29.8 Å². The lowest BCUT2D eigenvalue weighted by atomic mass is 10.5. The van der Waals surface area contributed by atoms with E-state index in [1.54, 1.807) is 0 Å². The Balaban J connectivity index is 2.23. The molecule has 2 aliphatic heterocycles. The van der Waals surface area contributed by atoms with Crippen molar-refractivity contribution in [3.05, 3.63) is 24.3 Å². The first-order chi connectivity index (χ1) is 9.99. The van der Waals surface area contributed by atoms with Crippen molar-refractivity contribution < 1.29 is 38.5 Å². The van der Waals surface area contributed by atoms with Gasteiger partial charge in [-0.05, 0) is 0 Å². The minimum atomic E-state index is -0.965. The van der Waals surface area contributed by atoms with Crippen LogP contribution in [0, 0.1) is 0 Å². The molecule has 0 atom stereocenters. The van der Waals surface area contributed by atoms with Crippen molar-refractivity contribution in [1.82, 2.24) is 10.5 Å². The van der Waals surface area contributed by atoms with Gasteiger partial charge in [-0.15, -0.1) is 0 Å². The summed E-state index contributed by atoms with van der Waals surface area (Å²) in [5.41, 5.74) is 0. The largest absolute Gasteiger partial charge is 0.360 e. The Kier molecular flexibility index (Phi) is 3.83. The topological polar surface area (TPSA) is 124 Å². The van der Waals surface area contributed by atoms with Gasteiger partial charge in [-0.3, -0.25) is 19.4 Å². The first kappa shape index (κ1) is 14.0. The van der Waals surface area contributed by atoms with E-state index in [1.807, 2.05) is 0 Å². The molecule has 2 aliphatic rings. The van der Waals surface area contributed by atoms with Crippen molar-refractivity contribution in [3.63, 3.8) is 0 Å². The molecule has 0 saturated heterocycles. The minimum Gasteiger partial charge on any atom is -0.298 e. The van der Waals surface area contributed by atoms with Crippen LogP contribution in [0.2, 0.25) is 0 Å². The molecule has 110 valence electrons. The fraction of sp³-hybridized carbons (Fsp3) is 0.100. The molecule has 0 fully saturated rings. The fourth-order valence-electron chi connectivity index (χ4n) is 1.15. The number of aliphatic imine (C=N–C) groups is 1. The summed E-state index contributed by atoms with van der Waals surface area (Å²) >= 11 is 0. The monoisotopic (exact) mass is 297 g/mol. The highest BCUT2D eigenvalue weighted by Crippen LogP contribution is 2.10. The molecule has 0 unspecified atom stereocenters. The van der Waals surface area contributed by atoms with Crippen LogP contribution in [0.1, 0.15) is 0 Å². The van der Waals surface area contributed by atoms with E-state index in [0.29, 0.717) is 0 Å². The standard InChI is InChI=1S/C10H7N3O8/c1-11-10(12-18-6(14)2-3-7(15)19-12)13-20-8(16)4-5-9(17)21-13/h2-5H,1H3. The predicted molar refractivity (Wildman–Crippen MR) is 59.7 cm³/mol. The third-order valence-electron chi connectivity index (χ3n) is 1.93. The van der Waals surface area contributed by atoms with Crippen LogP contribution >= 0.6 is 0 Å². The Labute approximate surface area is 116 Å². The van der Waals surface area contributed by atoms with Crippen molar-refractivity contribution in [3.8, 4) is 0 Å². The third kappa shape index (κ3) is 3.34. The summed E-state index contributed by atoms with van der Waals surface area (Å²) in [5.74, 6) is -4.45. The van der Waals surface area contributed by atoms with E-state index in [-0.39, 0.29) is 10.5 Å². The second-order valence-corrected chi connectivity index (χ2v) is 3.35. The molecule has 0 amide bonds. The van der Waals surface area contributed by atoms with Crippen LogP contribution in [0.15, 0.2) is 29.3 Å². The fourth-order valence-corrected chi connectivity index (χ4v) is 1.15. The zero-order chi connectivity index (χ0) is 15.4. The average molecular weight is 297 g/mol. The second kappa shape index (κ2) is 5.73. The quantitative estimate of drug-likeness (QED) is 0.387. The van der Waals surface area contributed by atoms with Crippen LogP contribution in [-0.2, 0) is 38.5 Å². The van der Waals surface area contributed by atoms with Gasteiger partial charge < -0.3 is 0 Å². The number of hydrogen-bond acceptors (Lipinski definition) is 9. The van der Waals surface area contributed by atoms with Crippen molar-refractivity contribution in [2.45, 2.75) is 0 Å². The number of hydroxylamine groups is 4. The van der Waals surface area contributed by atoms with Gasteiger partial charge in [-0.25, -0.2) is 24.2 Å². The smallest absolute Gasteiger partial charge is 0.298 e. The van der Waals surface area contributed by atoms with Crippen molar-refractivity contribution in [2.75, 3.05) is 7.05 Å². The van der Waals surface area contributed by atoms with E-state index < -0.39 is 29.8 Å². The molecular formula is C10H7N3O8. The van der Waals surface area contributed by atoms with Crippen LogP contribution in [0.25, 0.3) is 0 Å². The lowest BCUT2D eigenvalue weighted by molar-refractivity contribution is -0.321. The molecule has 0 aromatic carbocycles. The lowest BCUT2D eigenvalue weighted by Gasteiger charge is -2.24.